The van der Waals surface area contributed by atoms with E-state index in [-0.39, 0.29) is 18.5 Å². The summed E-state index contributed by atoms with van der Waals surface area (Å²) in [6.07, 6.45) is 12.3. The Labute approximate surface area is 232 Å². The topological polar surface area (TPSA) is 49.8 Å². The van der Waals surface area contributed by atoms with Crippen LogP contribution in [0.3, 0.4) is 0 Å². The first-order valence-corrected chi connectivity index (χ1v) is 15.1. The summed E-state index contributed by atoms with van der Waals surface area (Å²) in [7, 11) is 0. The molecule has 2 rings (SSSR count). The van der Waals surface area contributed by atoms with Crippen molar-refractivity contribution in [3.8, 4) is 5.75 Å². The largest absolute Gasteiger partial charge is 0.426 e. The van der Waals surface area contributed by atoms with Gasteiger partial charge in [0.25, 0.3) is 0 Å². The molecule has 4 heteroatoms. The van der Waals surface area contributed by atoms with Crippen molar-refractivity contribution >= 4 is 5.97 Å². The number of unbranched alkanes of at least 4 members (excludes halogenated alkanes) is 8. The van der Waals surface area contributed by atoms with Crippen molar-refractivity contribution in [3.05, 3.63) is 65.2 Å². The fourth-order valence-corrected chi connectivity index (χ4v) is 5.39. The second-order valence-corrected chi connectivity index (χ2v) is 11.3. The van der Waals surface area contributed by atoms with Gasteiger partial charge in [-0.3, -0.25) is 9.69 Å². The van der Waals surface area contributed by atoms with Crippen LogP contribution in [0.4, 0.5) is 0 Å². The molecule has 0 saturated carbocycles. The monoisotopic (exact) mass is 523 g/mol. The van der Waals surface area contributed by atoms with E-state index in [4.69, 9.17) is 4.74 Å². The maximum absolute atomic E-state index is 12.9. The number of esters is 1. The van der Waals surface area contributed by atoms with Crippen LogP contribution in [-0.2, 0) is 11.4 Å². The number of aliphatic hydroxyl groups excluding tert-OH is 1. The van der Waals surface area contributed by atoms with Gasteiger partial charge in [0.15, 0.2) is 0 Å². The quantitative estimate of drug-likeness (QED) is 0.114. The van der Waals surface area contributed by atoms with Gasteiger partial charge in [0.2, 0.25) is 0 Å². The molecule has 4 nitrogen and oxygen atoms in total. The summed E-state index contributed by atoms with van der Waals surface area (Å²) in [6, 6.07) is 17.1. The lowest BCUT2D eigenvalue weighted by Gasteiger charge is -2.32. The van der Waals surface area contributed by atoms with E-state index in [0.29, 0.717) is 24.3 Å². The van der Waals surface area contributed by atoms with Crippen molar-refractivity contribution in [2.45, 2.75) is 130 Å². The molecule has 0 aliphatic heterocycles. The third-order valence-corrected chi connectivity index (χ3v) is 7.54. The maximum Gasteiger partial charge on any atom is 0.311 e. The second-order valence-electron chi connectivity index (χ2n) is 11.3. The van der Waals surface area contributed by atoms with Crippen molar-refractivity contribution in [2.24, 2.45) is 0 Å². The Bertz CT molecular complexity index is 901. The summed E-state index contributed by atoms with van der Waals surface area (Å²) in [5, 5.41) is 9.88. The van der Waals surface area contributed by atoms with Crippen molar-refractivity contribution in [2.75, 3.05) is 6.54 Å². The van der Waals surface area contributed by atoms with Crippen LogP contribution in [0.2, 0.25) is 0 Å². The average Bonchev–Trinajstić information content (AvgIpc) is 2.90. The van der Waals surface area contributed by atoms with E-state index >= 15 is 0 Å². The number of rotatable bonds is 19. The lowest BCUT2D eigenvalue weighted by molar-refractivity contribution is -0.134. The van der Waals surface area contributed by atoms with Crippen LogP contribution < -0.4 is 4.74 Å². The Hall–Kier alpha value is -2.17. The van der Waals surface area contributed by atoms with E-state index in [1.807, 2.05) is 24.3 Å². The van der Waals surface area contributed by atoms with Gasteiger partial charge in [-0.25, -0.2) is 0 Å². The highest BCUT2D eigenvalue weighted by Crippen LogP contribution is 2.36. The zero-order chi connectivity index (χ0) is 27.8. The van der Waals surface area contributed by atoms with Crippen molar-refractivity contribution < 1.29 is 14.6 Å². The molecule has 0 heterocycles. The van der Waals surface area contributed by atoms with Crippen LogP contribution in [0, 0.1) is 0 Å². The first-order chi connectivity index (χ1) is 18.4. The molecule has 0 saturated heterocycles. The summed E-state index contributed by atoms with van der Waals surface area (Å²) >= 11 is 0. The highest BCUT2D eigenvalue weighted by atomic mass is 16.5. The first kappa shape index (κ1) is 32.0. The van der Waals surface area contributed by atoms with Crippen molar-refractivity contribution in [1.29, 1.82) is 0 Å². The van der Waals surface area contributed by atoms with Gasteiger partial charge < -0.3 is 9.84 Å². The Morgan fingerprint density at radius 3 is 2.03 bits per heavy atom. The summed E-state index contributed by atoms with van der Waals surface area (Å²) < 4.78 is 5.99. The zero-order valence-electron chi connectivity index (χ0n) is 24.8. The molecule has 2 aromatic carbocycles. The molecular weight excluding hydrogens is 470 g/mol. The van der Waals surface area contributed by atoms with E-state index < -0.39 is 0 Å². The smallest absolute Gasteiger partial charge is 0.311 e. The molecular formula is C34H53NO3. The molecule has 0 unspecified atom stereocenters. The molecule has 0 fully saturated rings. The van der Waals surface area contributed by atoms with E-state index in [0.717, 1.165) is 36.9 Å². The Balaban J connectivity index is 2.10. The van der Waals surface area contributed by atoms with E-state index in [1.165, 1.54) is 50.5 Å². The van der Waals surface area contributed by atoms with Crippen molar-refractivity contribution in [3.63, 3.8) is 0 Å². The van der Waals surface area contributed by atoms with Gasteiger partial charge in [0, 0.05) is 30.0 Å². The maximum atomic E-state index is 12.9. The molecule has 2 aromatic rings. The van der Waals surface area contributed by atoms with Gasteiger partial charge in [-0.05, 0) is 70.3 Å². The summed E-state index contributed by atoms with van der Waals surface area (Å²) in [5.74, 6) is 0.527. The highest BCUT2D eigenvalue weighted by Gasteiger charge is 2.23. The van der Waals surface area contributed by atoms with E-state index in [1.54, 1.807) is 0 Å². The predicted molar refractivity (Wildman–Crippen MR) is 160 cm³/mol. The minimum absolute atomic E-state index is 0.0364. The van der Waals surface area contributed by atoms with Gasteiger partial charge in [-0.2, -0.15) is 0 Å². The predicted octanol–water partition coefficient (Wildman–Crippen LogP) is 8.65. The van der Waals surface area contributed by atoms with Gasteiger partial charge in [0.05, 0.1) is 6.61 Å². The number of hydrogen-bond donors (Lipinski definition) is 1. The lowest BCUT2D eigenvalue weighted by atomic mass is 9.86. The van der Waals surface area contributed by atoms with Gasteiger partial charge in [-0.15, -0.1) is 0 Å². The van der Waals surface area contributed by atoms with E-state index in [9.17, 15) is 9.90 Å². The molecule has 0 aliphatic rings. The minimum Gasteiger partial charge on any atom is -0.426 e. The molecule has 1 atom stereocenters. The number of hydrogen-bond acceptors (Lipinski definition) is 4. The SMILES string of the molecule is CCCCCCCCCCCC(=O)Oc1ccc(CO)cc1[C@H](CCN(C(C)C)C(C)C)c1ccccc1. The van der Waals surface area contributed by atoms with E-state index in [2.05, 4.69) is 63.8 Å². The normalized spacial score (nSPS) is 12.4. The standard InChI is InChI=1S/C34H53NO3/c1-6-7-8-9-10-11-12-13-17-20-34(37)38-33-22-21-29(26-36)25-32(33)31(30-18-15-14-16-19-30)23-24-35(27(2)3)28(4)5/h14-16,18-19,21-22,25,27-28,31,36H,6-13,17,20,23-24,26H2,1-5H3/t31-/m1/s1. The number of carbonyl (C=O) groups is 1. The molecule has 0 spiro atoms. The number of aliphatic hydroxyl groups is 1. The van der Waals surface area contributed by atoms with Gasteiger partial charge in [-0.1, -0.05) is 94.7 Å². The molecule has 0 bridgehead atoms. The number of benzene rings is 2. The molecule has 38 heavy (non-hydrogen) atoms. The van der Waals surface area contributed by atoms with Crippen molar-refractivity contribution in [1.82, 2.24) is 4.90 Å². The fourth-order valence-electron chi connectivity index (χ4n) is 5.39. The summed E-state index contributed by atoms with van der Waals surface area (Å²) in [5.41, 5.74) is 3.02. The molecule has 0 aliphatic carbocycles. The zero-order valence-corrected chi connectivity index (χ0v) is 24.8. The number of ether oxygens (including phenoxy) is 1. The molecule has 212 valence electrons. The average molecular weight is 524 g/mol. The molecule has 0 amide bonds. The number of nitrogens with zero attached hydrogens (tertiary/aromatic N) is 1. The molecule has 1 N–H and O–H groups in total. The van der Waals surface area contributed by atoms with Gasteiger partial charge >= 0.3 is 5.97 Å². The second kappa shape index (κ2) is 18.2. The van der Waals surface area contributed by atoms with Crippen LogP contribution in [0.1, 0.15) is 128 Å². The van der Waals surface area contributed by atoms with Crippen LogP contribution >= 0.6 is 0 Å². The Kier molecular flexibility index (Phi) is 15.3. The molecule has 0 aromatic heterocycles. The molecule has 0 radical (unpaired) electrons. The van der Waals surface area contributed by atoms with Gasteiger partial charge in [0.1, 0.15) is 5.75 Å². The fraction of sp³-hybridized carbons (Fsp3) is 0.618. The van der Waals surface area contributed by atoms with Crippen LogP contribution in [0.15, 0.2) is 48.5 Å². The van der Waals surface area contributed by atoms with Crippen LogP contribution in [0.5, 0.6) is 5.75 Å². The highest BCUT2D eigenvalue weighted by molar-refractivity contribution is 5.73. The first-order valence-electron chi connectivity index (χ1n) is 15.1. The lowest BCUT2D eigenvalue weighted by Crippen LogP contribution is -2.38. The summed E-state index contributed by atoms with van der Waals surface area (Å²) in [4.78, 5) is 15.4. The van der Waals surface area contributed by atoms with Crippen LogP contribution in [0.25, 0.3) is 0 Å². The Morgan fingerprint density at radius 2 is 1.45 bits per heavy atom. The summed E-state index contributed by atoms with van der Waals surface area (Å²) in [6.45, 7) is 12.1. The number of carbonyl (C=O) groups excluding carboxylic acids is 1. The third kappa shape index (κ3) is 11.3. The minimum atomic E-state index is -0.163. The Morgan fingerprint density at radius 1 is 0.842 bits per heavy atom. The third-order valence-electron chi connectivity index (χ3n) is 7.54. The van der Waals surface area contributed by atoms with Crippen LogP contribution in [-0.4, -0.2) is 34.6 Å².